The maximum atomic E-state index is 5.90. The monoisotopic (exact) mass is 247 g/mol. The van der Waals surface area contributed by atoms with Crippen LogP contribution in [0.1, 0.15) is 22.2 Å². The van der Waals surface area contributed by atoms with E-state index in [1.807, 2.05) is 25.1 Å². The van der Waals surface area contributed by atoms with E-state index >= 15 is 0 Å². The molecule has 1 heterocycles. The molecule has 0 radical (unpaired) electrons. The van der Waals surface area contributed by atoms with Crippen LogP contribution >= 0.6 is 11.3 Å². The number of thiophene rings is 1. The van der Waals surface area contributed by atoms with Gasteiger partial charge in [-0.05, 0) is 43.2 Å². The molecular formula is C14H17NOS. The van der Waals surface area contributed by atoms with E-state index in [4.69, 9.17) is 10.5 Å². The second-order valence-electron chi connectivity index (χ2n) is 4.05. The van der Waals surface area contributed by atoms with Gasteiger partial charge in [0.15, 0.2) is 0 Å². The summed E-state index contributed by atoms with van der Waals surface area (Å²) >= 11 is 1.80. The highest BCUT2D eigenvalue weighted by Gasteiger charge is 2.03. The van der Waals surface area contributed by atoms with Gasteiger partial charge < -0.3 is 10.5 Å². The van der Waals surface area contributed by atoms with Gasteiger partial charge in [0.1, 0.15) is 12.4 Å². The maximum Gasteiger partial charge on any atom is 0.142 e. The van der Waals surface area contributed by atoms with Crippen molar-refractivity contribution in [3.63, 3.8) is 0 Å². The number of nitrogens with two attached hydrogens (primary N) is 1. The summed E-state index contributed by atoms with van der Waals surface area (Å²) in [5, 5.41) is 0. The highest BCUT2D eigenvalue weighted by Crippen LogP contribution is 2.25. The van der Waals surface area contributed by atoms with Crippen molar-refractivity contribution in [2.75, 3.05) is 5.73 Å². The summed E-state index contributed by atoms with van der Waals surface area (Å²) in [5.41, 5.74) is 7.75. The van der Waals surface area contributed by atoms with Crippen LogP contribution in [-0.2, 0) is 13.0 Å². The fourth-order valence-electron chi connectivity index (χ4n) is 1.64. The third-order valence-corrected chi connectivity index (χ3v) is 3.80. The third-order valence-electron chi connectivity index (χ3n) is 2.60. The van der Waals surface area contributed by atoms with Gasteiger partial charge in [0, 0.05) is 9.75 Å². The molecule has 17 heavy (non-hydrogen) atoms. The number of nitrogen functional groups attached to an aromatic ring is 1. The lowest BCUT2D eigenvalue weighted by Crippen LogP contribution is -1.97. The SMILES string of the molecule is CCc1ccc(COc2ccc(C)cc2N)s1. The van der Waals surface area contributed by atoms with Gasteiger partial charge in [0.05, 0.1) is 5.69 Å². The molecular weight excluding hydrogens is 230 g/mol. The Hall–Kier alpha value is -1.48. The van der Waals surface area contributed by atoms with Crippen molar-refractivity contribution in [2.24, 2.45) is 0 Å². The van der Waals surface area contributed by atoms with E-state index in [1.165, 1.54) is 9.75 Å². The van der Waals surface area contributed by atoms with Crippen LogP contribution in [0.15, 0.2) is 30.3 Å². The second-order valence-corrected chi connectivity index (χ2v) is 5.30. The Morgan fingerprint density at radius 2 is 1.94 bits per heavy atom. The lowest BCUT2D eigenvalue weighted by atomic mass is 10.2. The minimum Gasteiger partial charge on any atom is -0.486 e. The summed E-state index contributed by atoms with van der Waals surface area (Å²) < 4.78 is 5.72. The van der Waals surface area contributed by atoms with E-state index in [0.29, 0.717) is 12.3 Å². The standard InChI is InChI=1S/C14H17NOS/c1-3-11-5-6-12(17-11)9-16-14-7-4-10(2)8-13(14)15/h4-8H,3,9,15H2,1-2H3. The Labute approximate surface area is 106 Å². The maximum absolute atomic E-state index is 5.90. The molecule has 0 saturated heterocycles. The first kappa shape index (κ1) is 12.0. The summed E-state index contributed by atoms with van der Waals surface area (Å²) in [5.74, 6) is 0.766. The minimum absolute atomic E-state index is 0.595. The van der Waals surface area contributed by atoms with Crippen molar-refractivity contribution in [1.82, 2.24) is 0 Å². The Morgan fingerprint density at radius 3 is 2.59 bits per heavy atom. The van der Waals surface area contributed by atoms with Gasteiger partial charge in [-0.15, -0.1) is 11.3 Å². The Bertz CT molecular complexity index is 505. The van der Waals surface area contributed by atoms with E-state index < -0.39 is 0 Å². The van der Waals surface area contributed by atoms with Crippen LogP contribution < -0.4 is 10.5 Å². The van der Waals surface area contributed by atoms with Crippen molar-refractivity contribution >= 4 is 17.0 Å². The number of aryl methyl sites for hydroxylation is 2. The van der Waals surface area contributed by atoms with E-state index in [2.05, 4.69) is 19.1 Å². The molecule has 2 N–H and O–H groups in total. The predicted molar refractivity (Wildman–Crippen MR) is 73.6 cm³/mol. The fraction of sp³-hybridized carbons (Fsp3) is 0.286. The van der Waals surface area contributed by atoms with E-state index in [1.54, 1.807) is 11.3 Å². The molecule has 3 heteroatoms. The van der Waals surface area contributed by atoms with Crippen LogP contribution in [0, 0.1) is 6.92 Å². The topological polar surface area (TPSA) is 35.2 Å². The Balaban J connectivity index is 2.02. The molecule has 2 rings (SSSR count). The van der Waals surface area contributed by atoms with Crippen LogP contribution in [0.5, 0.6) is 5.75 Å². The Kier molecular flexibility index (Phi) is 3.69. The lowest BCUT2D eigenvalue weighted by molar-refractivity contribution is 0.311. The molecule has 0 aliphatic rings. The number of hydrogen-bond donors (Lipinski definition) is 1. The molecule has 1 aromatic carbocycles. The summed E-state index contributed by atoms with van der Waals surface area (Å²) in [6, 6.07) is 10.1. The van der Waals surface area contributed by atoms with Crippen molar-refractivity contribution in [3.05, 3.63) is 45.6 Å². The molecule has 0 saturated carbocycles. The first-order valence-corrected chi connectivity index (χ1v) is 6.57. The molecule has 0 amide bonds. The molecule has 2 nitrogen and oxygen atoms in total. The zero-order valence-electron chi connectivity index (χ0n) is 10.2. The number of benzene rings is 1. The second kappa shape index (κ2) is 5.23. The average Bonchev–Trinajstić information content (AvgIpc) is 2.76. The normalized spacial score (nSPS) is 10.5. The molecule has 0 unspecified atom stereocenters. The minimum atomic E-state index is 0.595. The molecule has 0 bridgehead atoms. The molecule has 0 spiro atoms. The largest absolute Gasteiger partial charge is 0.486 e. The molecule has 0 aliphatic carbocycles. The van der Waals surface area contributed by atoms with Gasteiger partial charge in [-0.1, -0.05) is 13.0 Å². The quantitative estimate of drug-likeness (QED) is 0.834. The van der Waals surface area contributed by atoms with Crippen LogP contribution in [0.25, 0.3) is 0 Å². The predicted octanol–water partition coefficient (Wildman–Crippen LogP) is 3.78. The molecule has 90 valence electrons. The average molecular weight is 247 g/mol. The zero-order chi connectivity index (χ0) is 12.3. The van der Waals surface area contributed by atoms with Gasteiger partial charge in [-0.3, -0.25) is 0 Å². The van der Waals surface area contributed by atoms with Crippen molar-refractivity contribution in [1.29, 1.82) is 0 Å². The van der Waals surface area contributed by atoms with Crippen LogP contribution in [0.2, 0.25) is 0 Å². The van der Waals surface area contributed by atoms with Gasteiger partial charge >= 0.3 is 0 Å². The Morgan fingerprint density at radius 1 is 1.18 bits per heavy atom. The van der Waals surface area contributed by atoms with Gasteiger partial charge in [-0.25, -0.2) is 0 Å². The highest BCUT2D eigenvalue weighted by atomic mass is 32.1. The van der Waals surface area contributed by atoms with Crippen LogP contribution in [-0.4, -0.2) is 0 Å². The van der Waals surface area contributed by atoms with Gasteiger partial charge in [0.25, 0.3) is 0 Å². The summed E-state index contributed by atoms with van der Waals surface area (Å²) in [7, 11) is 0. The molecule has 0 fully saturated rings. The fourth-order valence-corrected chi connectivity index (χ4v) is 2.51. The first-order valence-electron chi connectivity index (χ1n) is 5.75. The smallest absolute Gasteiger partial charge is 0.142 e. The number of hydrogen-bond acceptors (Lipinski definition) is 3. The van der Waals surface area contributed by atoms with Gasteiger partial charge in [0.2, 0.25) is 0 Å². The third kappa shape index (κ3) is 3.01. The summed E-state index contributed by atoms with van der Waals surface area (Å²) in [6.45, 7) is 4.78. The van der Waals surface area contributed by atoms with Crippen LogP contribution in [0.3, 0.4) is 0 Å². The highest BCUT2D eigenvalue weighted by molar-refractivity contribution is 7.11. The summed E-state index contributed by atoms with van der Waals surface area (Å²) in [4.78, 5) is 2.63. The molecule has 2 aromatic rings. The number of ether oxygens (including phenoxy) is 1. The number of anilines is 1. The van der Waals surface area contributed by atoms with Crippen molar-refractivity contribution in [2.45, 2.75) is 26.9 Å². The lowest BCUT2D eigenvalue weighted by Gasteiger charge is -2.08. The molecule has 1 aromatic heterocycles. The van der Waals surface area contributed by atoms with Crippen molar-refractivity contribution < 1.29 is 4.74 Å². The molecule has 0 aliphatic heterocycles. The van der Waals surface area contributed by atoms with E-state index in [-0.39, 0.29) is 0 Å². The number of rotatable bonds is 4. The van der Waals surface area contributed by atoms with E-state index in [9.17, 15) is 0 Å². The van der Waals surface area contributed by atoms with Gasteiger partial charge in [-0.2, -0.15) is 0 Å². The van der Waals surface area contributed by atoms with Crippen molar-refractivity contribution in [3.8, 4) is 5.75 Å². The summed E-state index contributed by atoms with van der Waals surface area (Å²) in [6.07, 6.45) is 1.08. The first-order chi connectivity index (χ1) is 8.19. The zero-order valence-corrected chi connectivity index (χ0v) is 11.0. The van der Waals surface area contributed by atoms with E-state index in [0.717, 1.165) is 17.7 Å². The van der Waals surface area contributed by atoms with Crippen LogP contribution in [0.4, 0.5) is 5.69 Å². The molecule has 0 atom stereocenters.